The standard InChI is InChI=1S/C22H30N2O2/c1-4-6-8-16(7-5-2)17-9-10-19-15(3)24(14-18(19)13-17)20-11-12-21(25)23-22(20)26/h9-10,13,16,20H,3-8,11-12,14H2,1-2H3,(H,23,25,26). The third-order valence-electron chi connectivity index (χ3n) is 5.73. The van der Waals surface area contributed by atoms with E-state index in [2.05, 4.69) is 48.8 Å². The third-order valence-corrected chi connectivity index (χ3v) is 5.73. The van der Waals surface area contributed by atoms with Crippen LogP contribution >= 0.6 is 0 Å². The number of hydrogen-bond acceptors (Lipinski definition) is 3. The molecule has 3 rings (SSSR count). The summed E-state index contributed by atoms with van der Waals surface area (Å²) in [6, 6.07) is 6.45. The van der Waals surface area contributed by atoms with Crippen molar-refractivity contribution in [2.75, 3.05) is 0 Å². The molecular formula is C22H30N2O2. The molecule has 2 atom stereocenters. The van der Waals surface area contributed by atoms with Crippen LogP contribution in [0.25, 0.3) is 5.70 Å². The molecule has 0 bridgehead atoms. The van der Waals surface area contributed by atoms with E-state index in [1.807, 2.05) is 0 Å². The number of rotatable bonds is 7. The van der Waals surface area contributed by atoms with Crippen LogP contribution in [-0.4, -0.2) is 22.8 Å². The molecule has 1 fully saturated rings. The van der Waals surface area contributed by atoms with Gasteiger partial charge in [0, 0.05) is 24.2 Å². The van der Waals surface area contributed by atoms with Crippen LogP contribution in [0.2, 0.25) is 0 Å². The minimum absolute atomic E-state index is 0.172. The molecule has 140 valence electrons. The Morgan fingerprint density at radius 1 is 1.23 bits per heavy atom. The number of hydrogen-bond donors (Lipinski definition) is 1. The van der Waals surface area contributed by atoms with Gasteiger partial charge in [-0.2, -0.15) is 0 Å². The Kier molecular flexibility index (Phi) is 5.80. The van der Waals surface area contributed by atoms with Crippen molar-refractivity contribution in [2.24, 2.45) is 0 Å². The maximum absolute atomic E-state index is 12.3. The highest BCUT2D eigenvalue weighted by molar-refractivity contribution is 6.01. The van der Waals surface area contributed by atoms with Crippen LogP contribution in [0.5, 0.6) is 0 Å². The fourth-order valence-corrected chi connectivity index (χ4v) is 4.27. The summed E-state index contributed by atoms with van der Waals surface area (Å²) >= 11 is 0. The highest BCUT2D eigenvalue weighted by atomic mass is 16.2. The molecule has 26 heavy (non-hydrogen) atoms. The second kappa shape index (κ2) is 8.07. The van der Waals surface area contributed by atoms with Crippen molar-refractivity contribution in [1.82, 2.24) is 10.2 Å². The summed E-state index contributed by atoms with van der Waals surface area (Å²) in [5.41, 5.74) is 4.72. The molecule has 2 aliphatic rings. The first kappa shape index (κ1) is 18.7. The Morgan fingerprint density at radius 2 is 2.04 bits per heavy atom. The molecule has 2 unspecified atom stereocenters. The molecule has 1 aromatic carbocycles. The van der Waals surface area contributed by atoms with Crippen LogP contribution in [0.4, 0.5) is 0 Å². The van der Waals surface area contributed by atoms with Crippen molar-refractivity contribution in [3.8, 4) is 0 Å². The van der Waals surface area contributed by atoms with E-state index in [9.17, 15) is 9.59 Å². The van der Waals surface area contributed by atoms with Gasteiger partial charge in [-0.3, -0.25) is 14.9 Å². The van der Waals surface area contributed by atoms with Gasteiger partial charge in [-0.25, -0.2) is 0 Å². The van der Waals surface area contributed by atoms with E-state index in [0.29, 0.717) is 25.3 Å². The Balaban J connectivity index is 1.79. The quantitative estimate of drug-likeness (QED) is 0.741. The number of benzene rings is 1. The Bertz CT molecular complexity index is 710. The number of amides is 2. The Labute approximate surface area is 156 Å². The van der Waals surface area contributed by atoms with Crippen LogP contribution < -0.4 is 5.32 Å². The summed E-state index contributed by atoms with van der Waals surface area (Å²) in [4.78, 5) is 25.7. The number of carbonyl (C=O) groups excluding carboxylic acids is 2. The SMILES string of the molecule is C=C1c2ccc(C(CCC)CCCC)cc2CN1C1CCC(=O)NC1=O. The molecule has 1 N–H and O–H groups in total. The highest BCUT2D eigenvalue weighted by Gasteiger charge is 2.36. The summed E-state index contributed by atoms with van der Waals surface area (Å²) in [6.07, 6.45) is 7.11. The van der Waals surface area contributed by atoms with E-state index in [-0.39, 0.29) is 17.9 Å². The molecule has 1 aromatic rings. The van der Waals surface area contributed by atoms with Crippen LogP contribution in [0.15, 0.2) is 24.8 Å². The monoisotopic (exact) mass is 354 g/mol. The molecule has 0 saturated carbocycles. The van der Waals surface area contributed by atoms with E-state index in [1.165, 1.54) is 43.2 Å². The second-order valence-corrected chi connectivity index (χ2v) is 7.59. The molecule has 2 heterocycles. The van der Waals surface area contributed by atoms with E-state index in [0.717, 1.165) is 11.3 Å². The lowest BCUT2D eigenvalue weighted by molar-refractivity contribution is -0.136. The number of unbranched alkanes of at least 4 members (excludes halogenated alkanes) is 1. The number of nitrogens with one attached hydrogen (secondary N) is 1. The van der Waals surface area contributed by atoms with Crippen molar-refractivity contribution >= 4 is 17.5 Å². The maximum atomic E-state index is 12.3. The van der Waals surface area contributed by atoms with Gasteiger partial charge < -0.3 is 4.90 Å². The summed E-state index contributed by atoms with van der Waals surface area (Å²) < 4.78 is 0. The predicted octanol–water partition coefficient (Wildman–Crippen LogP) is 4.35. The minimum atomic E-state index is -0.289. The van der Waals surface area contributed by atoms with Gasteiger partial charge in [-0.15, -0.1) is 0 Å². The lowest BCUT2D eigenvalue weighted by Crippen LogP contribution is -2.50. The number of imide groups is 1. The van der Waals surface area contributed by atoms with Crippen molar-refractivity contribution in [3.63, 3.8) is 0 Å². The first-order valence-corrected chi connectivity index (χ1v) is 9.97. The van der Waals surface area contributed by atoms with Gasteiger partial charge in [0.25, 0.3) is 0 Å². The zero-order chi connectivity index (χ0) is 18.7. The molecule has 1 saturated heterocycles. The average Bonchev–Trinajstić information content (AvgIpc) is 2.94. The van der Waals surface area contributed by atoms with Gasteiger partial charge in [0.15, 0.2) is 0 Å². The predicted molar refractivity (Wildman–Crippen MR) is 104 cm³/mol. The normalized spacial score (nSPS) is 20.9. The van der Waals surface area contributed by atoms with Crippen molar-refractivity contribution in [1.29, 1.82) is 0 Å². The van der Waals surface area contributed by atoms with Gasteiger partial charge >= 0.3 is 0 Å². The third kappa shape index (κ3) is 3.69. The van der Waals surface area contributed by atoms with E-state index in [1.54, 1.807) is 0 Å². The van der Waals surface area contributed by atoms with Gasteiger partial charge in [0.05, 0.1) is 0 Å². The Hall–Kier alpha value is -2.10. The lowest BCUT2D eigenvalue weighted by atomic mass is 9.88. The molecule has 2 amide bonds. The van der Waals surface area contributed by atoms with Crippen molar-refractivity contribution in [2.45, 2.75) is 77.3 Å². The number of nitrogens with zero attached hydrogens (tertiary/aromatic N) is 1. The first-order valence-electron chi connectivity index (χ1n) is 9.97. The Morgan fingerprint density at radius 3 is 2.73 bits per heavy atom. The highest BCUT2D eigenvalue weighted by Crippen LogP contribution is 2.37. The fourth-order valence-electron chi connectivity index (χ4n) is 4.27. The fraction of sp³-hybridized carbons (Fsp3) is 0.545. The minimum Gasteiger partial charge on any atom is -0.355 e. The largest absolute Gasteiger partial charge is 0.355 e. The molecule has 2 aliphatic heterocycles. The topological polar surface area (TPSA) is 49.4 Å². The first-order chi connectivity index (χ1) is 12.5. The molecule has 0 aromatic heterocycles. The average molecular weight is 354 g/mol. The zero-order valence-electron chi connectivity index (χ0n) is 16.0. The van der Waals surface area contributed by atoms with Crippen molar-refractivity contribution in [3.05, 3.63) is 41.5 Å². The summed E-state index contributed by atoms with van der Waals surface area (Å²) in [7, 11) is 0. The van der Waals surface area contributed by atoms with Gasteiger partial charge in [0.2, 0.25) is 11.8 Å². The number of carbonyl (C=O) groups is 2. The maximum Gasteiger partial charge on any atom is 0.249 e. The lowest BCUT2D eigenvalue weighted by Gasteiger charge is -2.31. The number of piperidine rings is 1. The molecule has 0 radical (unpaired) electrons. The number of fused-ring (bicyclic) bond motifs is 1. The van der Waals surface area contributed by atoms with Crippen molar-refractivity contribution < 1.29 is 9.59 Å². The second-order valence-electron chi connectivity index (χ2n) is 7.59. The molecule has 0 spiro atoms. The molecule has 4 heteroatoms. The van der Waals surface area contributed by atoms with Gasteiger partial charge in [-0.1, -0.05) is 57.9 Å². The van der Waals surface area contributed by atoms with Crippen LogP contribution in [-0.2, 0) is 16.1 Å². The van der Waals surface area contributed by atoms with Crippen LogP contribution in [0, 0.1) is 0 Å². The van der Waals surface area contributed by atoms with Gasteiger partial charge in [0.1, 0.15) is 6.04 Å². The summed E-state index contributed by atoms with van der Waals surface area (Å²) in [5, 5.41) is 2.46. The van der Waals surface area contributed by atoms with E-state index < -0.39 is 0 Å². The van der Waals surface area contributed by atoms with Crippen LogP contribution in [0.3, 0.4) is 0 Å². The van der Waals surface area contributed by atoms with Crippen LogP contribution in [0.1, 0.15) is 81.4 Å². The summed E-state index contributed by atoms with van der Waals surface area (Å²) in [5.74, 6) is 0.250. The van der Waals surface area contributed by atoms with E-state index >= 15 is 0 Å². The zero-order valence-corrected chi connectivity index (χ0v) is 16.0. The molecule has 4 nitrogen and oxygen atoms in total. The smallest absolute Gasteiger partial charge is 0.249 e. The van der Waals surface area contributed by atoms with Gasteiger partial charge in [-0.05, 0) is 36.3 Å². The molecular weight excluding hydrogens is 324 g/mol. The van der Waals surface area contributed by atoms with E-state index in [4.69, 9.17) is 0 Å². The summed E-state index contributed by atoms with van der Waals surface area (Å²) in [6.45, 7) is 9.43. The molecule has 0 aliphatic carbocycles.